The lowest BCUT2D eigenvalue weighted by molar-refractivity contribution is -0.120. The zero-order valence-electron chi connectivity index (χ0n) is 21.6. The quantitative estimate of drug-likeness (QED) is 0.207. The fraction of sp³-hybridized carbons (Fsp3) is 0.273. The van der Waals surface area contributed by atoms with Gasteiger partial charge in [-0.25, -0.2) is 0 Å². The predicted molar refractivity (Wildman–Crippen MR) is 153 cm³/mol. The third-order valence-corrected chi connectivity index (χ3v) is 6.72. The molecule has 0 heterocycles. The molecule has 0 radical (unpaired) electrons. The second kappa shape index (κ2) is 13.4. The lowest BCUT2D eigenvalue weighted by atomic mass is 9.90. The Morgan fingerprint density at radius 1 is 0.730 bits per heavy atom. The lowest BCUT2D eigenvalue weighted by Crippen LogP contribution is -2.27. The highest BCUT2D eigenvalue weighted by molar-refractivity contribution is 6.08. The average Bonchev–Trinajstić information content (AvgIpc) is 2.92. The van der Waals surface area contributed by atoms with E-state index in [0.29, 0.717) is 19.4 Å². The van der Waals surface area contributed by atoms with Crippen molar-refractivity contribution in [3.8, 4) is 0 Å². The van der Waals surface area contributed by atoms with Gasteiger partial charge in [-0.3, -0.25) is 9.59 Å². The number of anilines is 1. The van der Waals surface area contributed by atoms with E-state index in [1.54, 1.807) is 0 Å². The zero-order valence-corrected chi connectivity index (χ0v) is 21.6. The summed E-state index contributed by atoms with van der Waals surface area (Å²) in [6.07, 6.45) is 6.49. The number of carbonyl (C=O) groups excluding carboxylic acids is 2. The van der Waals surface area contributed by atoms with E-state index in [2.05, 4.69) is 35.8 Å². The van der Waals surface area contributed by atoms with E-state index in [1.165, 1.54) is 12.8 Å². The number of aryl methyl sites for hydroxylation is 1. The summed E-state index contributed by atoms with van der Waals surface area (Å²) in [4.78, 5) is 25.9. The second-order valence-corrected chi connectivity index (χ2v) is 9.50. The Labute approximate surface area is 220 Å². The molecule has 0 saturated heterocycles. The molecule has 2 N–H and O–H groups in total. The highest BCUT2D eigenvalue weighted by atomic mass is 16.2. The van der Waals surface area contributed by atoms with E-state index >= 15 is 0 Å². The van der Waals surface area contributed by atoms with Crippen LogP contribution in [0.3, 0.4) is 0 Å². The van der Waals surface area contributed by atoms with Crippen LogP contribution in [-0.2, 0) is 24.1 Å². The van der Waals surface area contributed by atoms with E-state index in [1.807, 2.05) is 72.8 Å². The summed E-state index contributed by atoms with van der Waals surface area (Å²) in [7, 11) is 0. The van der Waals surface area contributed by atoms with Gasteiger partial charge in [0, 0.05) is 17.8 Å². The summed E-state index contributed by atoms with van der Waals surface area (Å²) >= 11 is 0. The number of carbonyl (C=O) groups is 2. The molecule has 4 heteroatoms. The molecular formula is C33H36N2O2. The summed E-state index contributed by atoms with van der Waals surface area (Å²) in [6.45, 7) is 2.77. The van der Waals surface area contributed by atoms with Gasteiger partial charge in [0.15, 0.2) is 0 Å². The van der Waals surface area contributed by atoms with E-state index in [-0.39, 0.29) is 11.8 Å². The van der Waals surface area contributed by atoms with Crippen molar-refractivity contribution in [1.29, 1.82) is 0 Å². The predicted octanol–water partition coefficient (Wildman–Crippen LogP) is 7.12. The van der Waals surface area contributed by atoms with Gasteiger partial charge < -0.3 is 10.6 Å². The van der Waals surface area contributed by atoms with Crippen molar-refractivity contribution in [3.05, 3.63) is 113 Å². The Kier molecular flexibility index (Phi) is 9.47. The van der Waals surface area contributed by atoms with Gasteiger partial charge in [-0.15, -0.1) is 0 Å². The number of para-hydroxylation sites is 1. The van der Waals surface area contributed by atoms with Gasteiger partial charge in [-0.2, -0.15) is 0 Å². The number of fused-ring (bicyclic) bond motifs is 1. The fourth-order valence-electron chi connectivity index (χ4n) is 4.84. The smallest absolute Gasteiger partial charge is 0.255 e. The molecule has 0 aromatic heterocycles. The Balaban J connectivity index is 1.57. The Bertz CT molecular complexity index is 1320. The van der Waals surface area contributed by atoms with Crippen LogP contribution in [0.4, 0.5) is 5.69 Å². The van der Waals surface area contributed by atoms with Crippen molar-refractivity contribution in [1.82, 2.24) is 5.32 Å². The molecule has 0 unspecified atom stereocenters. The van der Waals surface area contributed by atoms with Gasteiger partial charge in [-0.1, -0.05) is 99.0 Å². The minimum Gasteiger partial charge on any atom is -0.355 e. The first kappa shape index (κ1) is 26.2. The first-order chi connectivity index (χ1) is 18.2. The molecule has 4 aromatic carbocycles. The molecule has 4 rings (SSSR count). The zero-order chi connectivity index (χ0) is 25.9. The summed E-state index contributed by atoms with van der Waals surface area (Å²) in [6, 6.07) is 29.7. The topological polar surface area (TPSA) is 58.2 Å². The van der Waals surface area contributed by atoms with E-state index in [4.69, 9.17) is 0 Å². The molecule has 0 bridgehead atoms. The second-order valence-electron chi connectivity index (χ2n) is 9.50. The molecule has 0 atom stereocenters. The number of hydrogen-bond donors (Lipinski definition) is 2. The van der Waals surface area contributed by atoms with Crippen LogP contribution in [-0.4, -0.2) is 18.4 Å². The summed E-state index contributed by atoms with van der Waals surface area (Å²) in [5, 5.41) is 8.43. The van der Waals surface area contributed by atoms with Crippen molar-refractivity contribution >= 4 is 28.3 Å². The molecule has 0 aliphatic rings. The number of benzene rings is 4. The van der Waals surface area contributed by atoms with Crippen molar-refractivity contribution in [3.63, 3.8) is 0 Å². The van der Waals surface area contributed by atoms with Crippen molar-refractivity contribution in [2.45, 2.75) is 51.9 Å². The average molecular weight is 493 g/mol. The minimum absolute atomic E-state index is 0.0224. The molecule has 4 nitrogen and oxygen atoms in total. The minimum atomic E-state index is -0.0791. The Hall–Kier alpha value is -3.92. The molecule has 4 aromatic rings. The van der Waals surface area contributed by atoms with Crippen LogP contribution in [0.2, 0.25) is 0 Å². The van der Waals surface area contributed by atoms with E-state index < -0.39 is 0 Å². The van der Waals surface area contributed by atoms with Crippen LogP contribution in [0, 0.1) is 0 Å². The SMILES string of the molecule is CCCCCCc1c(C(=O)Nc2ccccc2)ccc2cccc(CCNC(=O)Cc3ccccc3)c12. The van der Waals surface area contributed by atoms with Crippen LogP contribution in [0.5, 0.6) is 0 Å². The molecular weight excluding hydrogens is 456 g/mol. The number of rotatable bonds is 12. The van der Waals surface area contributed by atoms with E-state index in [9.17, 15) is 9.59 Å². The van der Waals surface area contributed by atoms with Crippen LogP contribution in [0.15, 0.2) is 91.0 Å². The standard InChI is InChI=1S/C33H36N2O2/c1-2-3-4-11-19-29-30(33(37)35-28-17-9-6-10-18-28)21-20-26-15-12-16-27(32(26)29)22-23-34-31(36)24-25-13-7-5-8-14-25/h5-10,12-18,20-21H,2-4,11,19,22-24H2,1H3,(H,34,36)(H,35,37). The van der Waals surface area contributed by atoms with Crippen molar-refractivity contribution < 1.29 is 9.59 Å². The van der Waals surface area contributed by atoms with Crippen LogP contribution < -0.4 is 10.6 Å². The third kappa shape index (κ3) is 7.29. The number of hydrogen-bond acceptors (Lipinski definition) is 2. The van der Waals surface area contributed by atoms with Gasteiger partial charge in [-0.05, 0) is 64.9 Å². The van der Waals surface area contributed by atoms with Crippen LogP contribution >= 0.6 is 0 Å². The maximum atomic E-state index is 13.4. The van der Waals surface area contributed by atoms with Gasteiger partial charge in [0.2, 0.25) is 5.91 Å². The highest BCUT2D eigenvalue weighted by Gasteiger charge is 2.17. The van der Waals surface area contributed by atoms with Crippen molar-refractivity contribution in [2.75, 3.05) is 11.9 Å². The summed E-state index contributed by atoms with van der Waals surface area (Å²) in [5.74, 6) is -0.0567. The molecule has 0 saturated carbocycles. The molecule has 2 amide bonds. The molecule has 0 spiro atoms. The normalized spacial score (nSPS) is 10.8. The maximum absolute atomic E-state index is 13.4. The molecule has 0 fully saturated rings. The Morgan fingerprint density at radius 2 is 1.49 bits per heavy atom. The van der Waals surface area contributed by atoms with Crippen LogP contribution in [0.1, 0.15) is 59.7 Å². The van der Waals surface area contributed by atoms with Crippen molar-refractivity contribution in [2.24, 2.45) is 0 Å². The summed E-state index contributed by atoms with van der Waals surface area (Å²) < 4.78 is 0. The number of nitrogens with one attached hydrogen (secondary N) is 2. The maximum Gasteiger partial charge on any atom is 0.255 e. The van der Waals surface area contributed by atoms with Gasteiger partial charge >= 0.3 is 0 Å². The fourth-order valence-corrected chi connectivity index (χ4v) is 4.84. The number of amides is 2. The molecule has 0 aliphatic carbocycles. The van der Waals surface area contributed by atoms with Gasteiger partial charge in [0.1, 0.15) is 0 Å². The highest BCUT2D eigenvalue weighted by Crippen LogP contribution is 2.29. The molecule has 0 aliphatic heterocycles. The summed E-state index contributed by atoms with van der Waals surface area (Å²) in [5.41, 5.74) is 4.80. The molecule has 190 valence electrons. The van der Waals surface area contributed by atoms with Gasteiger partial charge in [0.05, 0.1) is 6.42 Å². The van der Waals surface area contributed by atoms with E-state index in [0.717, 1.165) is 58.0 Å². The third-order valence-electron chi connectivity index (χ3n) is 6.72. The molecule has 37 heavy (non-hydrogen) atoms. The largest absolute Gasteiger partial charge is 0.355 e. The first-order valence-electron chi connectivity index (χ1n) is 13.4. The monoisotopic (exact) mass is 492 g/mol. The Morgan fingerprint density at radius 3 is 2.24 bits per heavy atom. The van der Waals surface area contributed by atoms with Crippen LogP contribution in [0.25, 0.3) is 10.8 Å². The first-order valence-corrected chi connectivity index (χ1v) is 13.4. The number of unbranched alkanes of at least 4 members (excludes halogenated alkanes) is 3. The lowest BCUT2D eigenvalue weighted by Gasteiger charge is -2.17. The van der Waals surface area contributed by atoms with Gasteiger partial charge in [0.25, 0.3) is 5.91 Å².